The zero-order valence-electron chi connectivity index (χ0n) is 38.1. The molecule has 4 aromatic heterocycles. The SMILES string of the molecule is CNc1ccc(C#Cc2c(C)nc(N)nc2N2CCCC(NC(=O)C3CCCCC3)C2)cn1.Cc1nc(N)nc(N2CCCC(NC(=O)Cc3ccccc3)C2)c1C#Cc1ccc(N)nc1. The van der Waals surface area contributed by atoms with Gasteiger partial charge in [0.05, 0.1) is 28.9 Å². The molecule has 16 nitrogen and oxygen atoms in total. The Morgan fingerprint density at radius 2 is 1.21 bits per heavy atom. The molecular weight excluding hydrogens is 829 g/mol. The summed E-state index contributed by atoms with van der Waals surface area (Å²) in [5.41, 5.74) is 23.1. The molecule has 2 aliphatic heterocycles. The third-order valence-electron chi connectivity index (χ3n) is 12.0. The Hall–Kier alpha value is -7.46. The molecule has 1 aliphatic carbocycles. The Bertz CT molecular complexity index is 2580. The van der Waals surface area contributed by atoms with Crippen molar-refractivity contribution >= 4 is 47.0 Å². The van der Waals surface area contributed by atoms with Gasteiger partial charge in [-0.3, -0.25) is 9.59 Å². The number of nitrogens with two attached hydrogens (primary N) is 3. The Kier molecular flexibility index (Phi) is 15.8. The Balaban J connectivity index is 0.000000196. The van der Waals surface area contributed by atoms with E-state index < -0.39 is 0 Å². The van der Waals surface area contributed by atoms with Crippen molar-refractivity contribution in [3.8, 4) is 23.7 Å². The number of nitrogens with one attached hydrogen (secondary N) is 3. The molecule has 16 heteroatoms. The van der Waals surface area contributed by atoms with Crippen LogP contribution in [0.4, 0.5) is 35.2 Å². The maximum Gasteiger partial charge on any atom is 0.224 e. The smallest absolute Gasteiger partial charge is 0.224 e. The number of aryl methyl sites for hydroxylation is 2. The standard InChI is InChI=1S/C25H33N7O.C25H27N7O/c1-17-21(12-10-18-11-13-22(27-2)28-15-18)23(31-25(26)29-17)32-14-6-9-20(16-32)30-24(33)19-7-4-3-5-8-19;1-17-21(11-9-19-10-12-22(26)28-15-19)24(31-25(27)29-17)32-13-5-8-20(16-32)30-23(33)14-18-6-3-2-4-7-18/h11,13,15,19-20H,3-9,14,16H2,1-2H3,(H,27,28)(H,30,33)(H2,26,29,31);2-4,6-7,10,12,15,20H,5,8,13-14,16H2,1H3,(H2,26,28)(H,30,33)(H2,27,29,31). The lowest BCUT2D eigenvalue weighted by molar-refractivity contribution is -0.126. The van der Waals surface area contributed by atoms with E-state index in [9.17, 15) is 9.59 Å². The number of hydrogen-bond donors (Lipinski definition) is 6. The van der Waals surface area contributed by atoms with Crippen molar-refractivity contribution in [3.05, 3.63) is 106 Å². The summed E-state index contributed by atoms with van der Waals surface area (Å²) in [6, 6.07) is 17.2. The molecule has 3 aliphatic rings. The minimum Gasteiger partial charge on any atom is -0.384 e. The van der Waals surface area contributed by atoms with E-state index in [1.54, 1.807) is 18.5 Å². The van der Waals surface area contributed by atoms with Gasteiger partial charge in [0.15, 0.2) is 0 Å². The average Bonchev–Trinajstić information content (AvgIpc) is 3.32. The van der Waals surface area contributed by atoms with E-state index in [0.717, 1.165) is 110 Å². The molecule has 2 atom stereocenters. The van der Waals surface area contributed by atoms with Crippen LogP contribution in [0.25, 0.3) is 0 Å². The van der Waals surface area contributed by atoms with Crippen molar-refractivity contribution < 1.29 is 9.59 Å². The quantitative estimate of drug-likeness (QED) is 0.113. The van der Waals surface area contributed by atoms with Gasteiger partial charge in [0, 0.05) is 74.7 Å². The number of nitrogens with zero attached hydrogens (tertiary/aromatic N) is 8. The van der Waals surface area contributed by atoms with Crippen LogP contribution in [0.1, 0.15) is 97.0 Å². The zero-order chi connectivity index (χ0) is 46.4. The first kappa shape index (κ1) is 46.5. The molecule has 9 N–H and O–H groups in total. The minimum absolute atomic E-state index is 0.0160. The zero-order valence-corrected chi connectivity index (χ0v) is 38.1. The van der Waals surface area contributed by atoms with Gasteiger partial charge in [-0.25, -0.2) is 19.9 Å². The van der Waals surface area contributed by atoms with E-state index in [2.05, 4.69) is 79.3 Å². The van der Waals surface area contributed by atoms with Crippen LogP contribution >= 0.6 is 0 Å². The largest absolute Gasteiger partial charge is 0.384 e. The number of carbonyl (C=O) groups is 2. The number of anilines is 6. The van der Waals surface area contributed by atoms with Crippen LogP contribution < -0.4 is 43.0 Å². The van der Waals surface area contributed by atoms with Gasteiger partial charge in [-0.05, 0) is 82.2 Å². The lowest BCUT2D eigenvalue weighted by Gasteiger charge is -2.35. The number of hydrogen-bond acceptors (Lipinski definition) is 14. The van der Waals surface area contributed by atoms with Crippen LogP contribution in [0.2, 0.25) is 0 Å². The van der Waals surface area contributed by atoms with Gasteiger partial charge in [-0.15, -0.1) is 0 Å². The molecule has 0 bridgehead atoms. The van der Waals surface area contributed by atoms with Crippen molar-refractivity contribution in [1.29, 1.82) is 0 Å². The minimum atomic E-state index is 0.0160. The van der Waals surface area contributed by atoms with E-state index >= 15 is 0 Å². The molecule has 8 rings (SSSR count). The van der Waals surface area contributed by atoms with E-state index in [4.69, 9.17) is 17.2 Å². The van der Waals surface area contributed by atoms with Crippen molar-refractivity contribution in [1.82, 2.24) is 40.5 Å². The van der Waals surface area contributed by atoms with Gasteiger partial charge in [0.2, 0.25) is 23.7 Å². The Morgan fingerprint density at radius 3 is 1.74 bits per heavy atom. The molecular formula is C50H60N14O2. The van der Waals surface area contributed by atoms with Gasteiger partial charge >= 0.3 is 0 Å². The molecule has 0 radical (unpaired) electrons. The van der Waals surface area contributed by atoms with Crippen LogP contribution in [0.5, 0.6) is 0 Å². The number of benzene rings is 1. The van der Waals surface area contributed by atoms with Crippen LogP contribution in [0, 0.1) is 43.4 Å². The van der Waals surface area contributed by atoms with Crippen molar-refractivity contribution in [2.24, 2.45) is 5.92 Å². The summed E-state index contributed by atoms with van der Waals surface area (Å²) in [4.78, 5) is 55.8. The summed E-state index contributed by atoms with van der Waals surface area (Å²) in [7, 11) is 1.83. The molecule has 1 saturated carbocycles. The number of nitrogen functional groups attached to an aromatic ring is 3. The van der Waals surface area contributed by atoms with E-state index in [1.165, 1.54) is 6.42 Å². The fourth-order valence-electron chi connectivity index (χ4n) is 8.59. The van der Waals surface area contributed by atoms with E-state index in [0.29, 0.717) is 36.8 Å². The molecule has 3 fully saturated rings. The first-order chi connectivity index (χ1) is 32.0. The van der Waals surface area contributed by atoms with Crippen LogP contribution in [-0.2, 0) is 16.0 Å². The molecule has 2 saturated heterocycles. The number of pyridine rings is 2. The fourth-order valence-corrected chi connectivity index (χ4v) is 8.59. The monoisotopic (exact) mass is 889 g/mol. The topological polar surface area (TPSA) is 232 Å². The molecule has 2 unspecified atom stereocenters. The normalized spacial score (nSPS) is 17.1. The highest BCUT2D eigenvalue weighted by Crippen LogP contribution is 2.28. The summed E-state index contributed by atoms with van der Waals surface area (Å²) >= 11 is 0. The summed E-state index contributed by atoms with van der Waals surface area (Å²) in [5.74, 6) is 16.2. The summed E-state index contributed by atoms with van der Waals surface area (Å²) in [6.45, 7) is 6.75. The predicted octanol–water partition coefficient (Wildman–Crippen LogP) is 4.94. The van der Waals surface area contributed by atoms with Gasteiger partial charge < -0.3 is 43.0 Å². The van der Waals surface area contributed by atoms with Crippen molar-refractivity contribution in [3.63, 3.8) is 0 Å². The van der Waals surface area contributed by atoms with Gasteiger partial charge in [-0.2, -0.15) is 9.97 Å². The lowest BCUT2D eigenvalue weighted by atomic mass is 9.88. The van der Waals surface area contributed by atoms with Crippen LogP contribution in [-0.4, -0.2) is 87.0 Å². The maximum absolute atomic E-state index is 12.8. The fraction of sp³-hybridized carbons (Fsp3) is 0.400. The highest BCUT2D eigenvalue weighted by molar-refractivity contribution is 5.79. The molecule has 0 spiro atoms. The predicted molar refractivity (Wildman–Crippen MR) is 260 cm³/mol. The van der Waals surface area contributed by atoms with Gasteiger partial charge in [0.25, 0.3) is 0 Å². The molecule has 2 amide bonds. The molecule has 6 heterocycles. The first-order valence-electron chi connectivity index (χ1n) is 22.8. The number of amides is 2. The number of carbonyl (C=O) groups excluding carboxylic acids is 2. The molecule has 66 heavy (non-hydrogen) atoms. The number of rotatable bonds is 8. The Labute approximate surface area is 387 Å². The summed E-state index contributed by atoms with van der Waals surface area (Å²) in [6.07, 6.45) is 13.1. The number of aromatic nitrogens is 6. The average molecular weight is 889 g/mol. The summed E-state index contributed by atoms with van der Waals surface area (Å²) in [5, 5.41) is 9.47. The summed E-state index contributed by atoms with van der Waals surface area (Å²) < 4.78 is 0. The second kappa shape index (κ2) is 22.4. The Morgan fingerprint density at radius 1 is 0.652 bits per heavy atom. The van der Waals surface area contributed by atoms with Gasteiger partial charge in [0.1, 0.15) is 23.3 Å². The molecule has 5 aromatic rings. The third kappa shape index (κ3) is 12.8. The second-order valence-electron chi connectivity index (χ2n) is 17.0. The van der Waals surface area contributed by atoms with E-state index in [1.807, 2.05) is 69.4 Å². The molecule has 1 aromatic carbocycles. The highest BCUT2D eigenvalue weighted by atomic mass is 16.2. The molecule has 342 valence electrons. The maximum atomic E-state index is 12.8. The van der Waals surface area contributed by atoms with Crippen molar-refractivity contribution in [2.45, 2.75) is 90.1 Å². The van der Waals surface area contributed by atoms with Crippen molar-refractivity contribution in [2.75, 3.05) is 65.5 Å². The first-order valence-corrected chi connectivity index (χ1v) is 22.8. The third-order valence-corrected chi connectivity index (χ3v) is 12.0. The van der Waals surface area contributed by atoms with E-state index in [-0.39, 0.29) is 41.7 Å². The van der Waals surface area contributed by atoms with Crippen LogP contribution in [0.15, 0.2) is 67.0 Å². The number of piperidine rings is 2. The highest BCUT2D eigenvalue weighted by Gasteiger charge is 2.29. The van der Waals surface area contributed by atoms with Gasteiger partial charge in [-0.1, -0.05) is 73.3 Å². The second-order valence-corrected chi connectivity index (χ2v) is 17.0. The van der Waals surface area contributed by atoms with Crippen LogP contribution in [0.3, 0.4) is 0 Å². The lowest BCUT2D eigenvalue weighted by Crippen LogP contribution is -2.50.